The lowest BCUT2D eigenvalue weighted by atomic mass is 9.87. The maximum atomic E-state index is 11.4. The second-order valence-electron chi connectivity index (χ2n) is 5.47. The number of cyclic esters (lactones) is 1. The Morgan fingerprint density at radius 1 is 1.37 bits per heavy atom. The minimum atomic E-state index is -0.354. The first-order chi connectivity index (χ1) is 9.19. The predicted molar refractivity (Wildman–Crippen MR) is 76.8 cm³/mol. The monoisotopic (exact) mass is 268 g/mol. The van der Waals surface area contributed by atoms with Crippen molar-refractivity contribution >= 4 is 5.97 Å². The Morgan fingerprint density at radius 3 is 2.79 bits per heavy atom. The molecule has 110 valence electrons. The van der Waals surface area contributed by atoms with Crippen LogP contribution in [0.1, 0.15) is 65.2 Å². The van der Waals surface area contributed by atoms with E-state index in [9.17, 15) is 9.90 Å². The summed E-state index contributed by atoms with van der Waals surface area (Å²) in [4.78, 5) is 11.4. The van der Waals surface area contributed by atoms with Crippen LogP contribution < -0.4 is 0 Å². The molecule has 0 saturated carbocycles. The van der Waals surface area contributed by atoms with Crippen LogP contribution in [0.4, 0.5) is 0 Å². The third kappa shape index (κ3) is 5.77. The summed E-state index contributed by atoms with van der Waals surface area (Å²) in [6.07, 6.45) is 11.5. The van der Waals surface area contributed by atoms with Crippen LogP contribution in [-0.2, 0) is 9.53 Å². The van der Waals surface area contributed by atoms with E-state index in [1.807, 2.05) is 13.0 Å². The minimum absolute atomic E-state index is 0.0354. The zero-order valence-corrected chi connectivity index (χ0v) is 12.3. The van der Waals surface area contributed by atoms with Crippen molar-refractivity contribution in [1.82, 2.24) is 0 Å². The maximum absolute atomic E-state index is 11.4. The van der Waals surface area contributed by atoms with Crippen molar-refractivity contribution in [3.8, 4) is 0 Å². The van der Waals surface area contributed by atoms with Crippen LogP contribution in [0.25, 0.3) is 0 Å². The summed E-state index contributed by atoms with van der Waals surface area (Å²) in [6, 6.07) is 0. The molecule has 0 spiro atoms. The molecule has 0 aromatic rings. The van der Waals surface area contributed by atoms with Crippen molar-refractivity contribution < 1.29 is 14.6 Å². The van der Waals surface area contributed by atoms with Crippen LogP contribution >= 0.6 is 0 Å². The molecule has 3 nitrogen and oxygen atoms in total. The Bertz CT molecular complexity index is 286. The average molecular weight is 268 g/mol. The van der Waals surface area contributed by atoms with Gasteiger partial charge < -0.3 is 9.84 Å². The maximum Gasteiger partial charge on any atom is 0.313 e. The van der Waals surface area contributed by atoms with Gasteiger partial charge in [0.2, 0.25) is 0 Å². The Labute approximate surface area is 117 Å². The fourth-order valence-corrected chi connectivity index (χ4v) is 2.55. The summed E-state index contributed by atoms with van der Waals surface area (Å²) in [6.45, 7) is 4.16. The average Bonchev–Trinajstić information content (AvgIpc) is 2.38. The van der Waals surface area contributed by atoms with E-state index >= 15 is 0 Å². The fraction of sp³-hybridized carbons (Fsp3) is 0.812. The van der Waals surface area contributed by atoms with Gasteiger partial charge in [0.1, 0.15) is 6.10 Å². The quantitative estimate of drug-likeness (QED) is 0.374. The lowest BCUT2D eigenvalue weighted by molar-refractivity contribution is -0.188. The lowest BCUT2D eigenvalue weighted by Crippen LogP contribution is -2.46. The zero-order chi connectivity index (χ0) is 14.1. The van der Waals surface area contributed by atoms with Gasteiger partial charge in [-0.25, -0.2) is 0 Å². The van der Waals surface area contributed by atoms with Crippen LogP contribution in [0.2, 0.25) is 0 Å². The molecule has 1 N–H and O–H groups in total. The third-order valence-corrected chi connectivity index (χ3v) is 3.79. The summed E-state index contributed by atoms with van der Waals surface area (Å²) in [5.41, 5.74) is 0. The molecule has 1 heterocycles. The normalized spacial score (nSPS) is 24.3. The van der Waals surface area contributed by atoms with Crippen molar-refractivity contribution in [2.45, 2.75) is 77.4 Å². The van der Waals surface area contributed by atoms with Gasteiger partial charge in [-0.05, 0) is 26.2 Å². The lowest BCUT2D eigenvalue weighted by Gasteiger charge is -2.36. The number of hydrogen-bond acceptors (Lipinski definition) is 3. The number of hydrogen-bond donors (Lipinski definition) is 1. The van der Waals surface area contributed by atoms with Crippen LogP contribution in [0.3, 0.4) is 0 Å². The molecule has 1 saturated heterocycles. The molecule has 0 amide bonds. The first kappa shape index (κ1) is 16.2. The molecule has 0 radical (unpaired) electrons. The number of aliphatic hydroxyl groups is 1. The summed E-state index contributed by atoms with van der Waals surface area (Å²) in [7, 11) is 0. The Hall–Kier alpha value is -0.830. The highest BCUT2D eigenvalue weighted by atomic mass is 16.6. The Kier molecular flexibility index (Phi) is 7.80. The molecular formula is C16H28O3. The largest absolute Gasteiger partial charge is 0.461 e. The van der Waals surface area contributed by atoms with E-state index in [1.165, 1.54) is 19.3 Å². The van der Waals surface area contributed by atoms with Gasteiger partial charge in [0.15, 0.2) is 0 Å². The second kappa shape index (κ2) is 9.13. The number of ether oxygens (including phenoxy) is 1. The second-order valence-corrected chi connectivity index (χ2v) is 5.47. The predicted octanol–water partition coefficient (Wildman–Crippen LogP) is 3.61. The molecule has 1 aliphatic heterocycles. The zero-order valence-electron chi connectivity index (χ0n) is 12.3. The van der Waals surface area contributed by atoms with Crippen molar-refractivity contribution in [2.24, 2.45) is 5.92 Å². The molecule has 1 rings (SSSR count). The van der Waals surface area contributed by atoms with Gasteiger partial charge in [0.25, 0.3) is 0 Å². The first-order valence-corrected chi connectivity index (χ1v) is 7.68. The van der Waals surface area contributed by atoms with E-state index in [4.69, 9.17) is 4.74 Å². The minimum Gasteiger partial charge on any atom is -0.461 e. The molecule has 3 atom stereocenters. The number of unbranched alkanes of at least 4 members (excludes halogenated alkanes) is 3. The SMILES string of the molecule is CC=CCCC(O)C[C@@H]1OC(=O)[C@H]1CCCCCC. The van der Waals surface area contributed by atoms with Crippen molar-refractivity contribution in [2.75, 3.05) is 0 Å². The smallest absolute Gasteiger partial charge is 0.313 e. The van der Waals surface area contributed by atoms with Crippen LogP contribution in [-0.4, -0.2) is 23.3 Å². The molecule has 1 aliphatic rings. The highest BCUT2D eigenvalue weighted by Crippen LogP contribution is 2.31. The van der Waals surface area contributed by atoms with Gasteiger partial charge in [-0.2, -0.15) is 0 Å². The summed E-state index contributed by atoms with van der Waals surface area (Å²) >= 11 is 0. The standard InChI is InChI=1S/C16H28O3/c1-3-5-7-9-11-14-15(19-16(14)18)12-13(17)10-8-6-4-2/h4,6,13-15,17H,3,5,7-12H2,1-2H3/t13?,14-,15-/m0/s1. The third-order valence-electron chi connectivity index (χ3n) is 3.79. The molecule has 0 aromatic carbocycles. The molecule has 1 unspecified atom stereocenters. The highest BCUT2D eigenvalue weighted by molar-refractivity contribution is 5.78. The number of allylic oxidation sites excluding steroid dienone is 2. The van der Waals surface area contributed by atoms with Crippen LogP contribution in [0.15, 0.2) is 12.2 Å². The molecule has 0 bridgehead atoms. The number of rotatable bonds is 10. The summed E-state index contributed by atoms with van der Waals surface area (Å²) in [5, 5.41) is 9.90. The number of carbonyl (C=O) groups excluding carboxylic acids is 1. The van der Waals surface area contributed by atoms with Crippen molar-refractivity contribution in [1.29, 1.82) is 0 Å². The van der Waals surface area contributed by atoms with E-state index in [0.717, 1.165) is 25.7 Å². The van der Waals surface area contributed by atoms with Crippen molar-refractivity contribution in [3.63, 3.8) is 0 Å². The first-order valence-electron chi connectivity index (χ1n) is 7.68. The van der Waals surface area contributed by atoms with Gasteiger partial charge in [-0.3, -0.25) is 4.79 Å². The molecule has 3 heteroatoms. The van der Waals surface area contributed by atoms with Gasteiger partial charge in [0, 0.05) is 6.42 Å². The van der Waals surface area contributed by atoms with Gasteiger partial charge in [-0.15, -0.1) is 0 Å². The molecular weight excluding hydrogens is 240 g/mol. The Morgan fingerprint density at radius 2 is 2.16 bits per heavy atom. The highest BCUT2D eigenvalue weighted by Gasteiger charge is 2.42. The van der Waals surface area contributed by atoms with E-state index < -0.39 is 0 Å². The van der Waals surface area contributed by atoms with E-state index in [2.05, 4.69) is 13.0 Å². The van der Waals surface area contributed by atoms with Crippen molar-refractivity contribution in [3.05, 3.63) is 12.2 Å². The van der Waals surface area contributed by atoms with Gasteiger partial charge in [0.05, 0.1) is 12.0 Å². The van der Waals surface area contributed by atoms with Gasteiger partial charge >= 0.3 is 5.97 Å². The van der Waals surface area contributed by atoms with E-state index in [-0.39, 0.29) is 24.1 Å². The van der Waals surface area contributed by atoms with Crippen LogP contribution in [0.5, 0.6) is 0 Å². The van der Waals surface area contributed by atoms with Crippen LogP contribution in [0, 0.1) is 5.92 Å². The topological polar surface area (TPSA) is 46.5 Å². The number of esters is 1. The molecule has 0 aliphatic carbocycles. The molecule has 1 fully saturated rings. The summed E-state index contributed by atoms with van der Waals surface area (Å²) in [5.74, 6) is -0.0321. The number of carbonyl (C=O) groups is 1. The van der Waals surface area contributed by atoms with E-state index in [1.54, 1.807) is 0 Å². The van der Waals surface area contributed by atoms with Gasteiger partial charge in [-0.1, -0.05) is 44.8 Å². The Balaban J connectivity index is 2.19. The van der Waals surface area contributed by atoms with E-state index in [0.29, 0.717) is 6.42 Å². The molecule has 0 aromatic heterocycles. The number of aliphatic hydroxyl groups excluding tert-OH is 1. The fourth-order valence-electron chi connectivity index (χ4n) is 2.55. The summed E-state index contributed by atoms with van der Waals surface area (Å²) < 4.78 is 5.17. The molecule has 19 heavy (non-hydrogen) atoms.